The van der Waals surface area contributed by atoms with E-state index in [9.17, 15) is 13.2 Å². The van der Waals surface area contributed by atoms with Gasteiger partial charge < -0.3 is 4.98 Å². The molecular weight excluding hydrogens is 690 g/mol. The van der Waals surface area contributed by atoms with Gasteiger partial charge in [-0.15, -0.1) is 65.7 Å². The van der Waals surface area contributed by atoms with Crippen LogP contribution in [-0.2, 0) is 27.2 Å². The number of pyridine rings is 1. The van der Waals surface area contributed by atoms with Gasteiger partial charge in [-0.3, -0.25) is 9.97 Å². The third-order valence-electron chi connectivity index (χ3n) is 5.94. The number of alkyl halides is 3. The van der Waals surface area contributed by atoms with Gasteiger partial charge in [-0.25, -0.2) is 0 Å². The Hall–Kier alpha value is -4.15. The molecule has 0 saturated carbocycles. The van der Waals surface area contributed by atoms with E-state index in [1.54, 1.807) is 6.20 Å². The molecule has 6 aromatic rings. The average molecular weight is 713 g/mol. The van der Waals surface area contributed by atoms with Crippen molar-refractivity contribution >= 4 is 11.0 Å². The van der Waals surface area contributed by atoms with E-state index in [0.717, 1.165) is 40.0 Å². The van der Waals surface area contributed by atoms with Gasteiger partial charge in [-0.2, -0.15) is 13.2 Å². The van der Waals surface area contributed by atoms with E-state index in [-0.39, 0.29) is 21.1 Å². The molecule has 0 bridgehead atoms. The second-order valence-electron chi connectivity index (χ2n) is 8.76. The molecule has 0 radical (unpaired) electrons. The smallest absolute Gasteiger partial charge is 0.305 e. The molecule has 0 saturated heterocycles. The summed E-state index contributed by atoms with van der Waals surface area (Å²) in [4.78, 5) is 13.6. The van der Waals surface area contributed by atoms with Gasteiger partial charge in [0.1, 0.15) is 0 Å². The van der Waals surface area contributed by atoms with Gasteiger partial charge in [-0.1, -0.05) is 54.1 Å². The number of nitrogens with zero attached hydrogens (tertiary/aromatic N) is 3. The molecular formula is C33H22F3N3Pt. The second kappa shape index (κ2) is 12.8. The van der Waals surface area contributed by atoms with E-state index in [2.05, 4.69) is 22.1 Å². The molecule has 200 valence electrons. The molecule has 0 atom stereocenters. The van der Waals surface area contributed by atoms with Crippen LogP contribution in [0.1, 0.15) is 11.1 Å². The van der Waals surface area contributed by atoms with Crippen LogP contribution >= 0.6 is 0 Å². The molecule has 0 aliphatic carbocycles. The van der Waals surface area contributed by atoms with Crippen LogP contribution in [0.2, 0.25) is 0 Å². The van der Waals surface area contributed by atoms with Crippen molar-refractivity contribution in [2.24, 2.45) is 0 Å². The Bertz CT molecular complexity index is 1630. The summed E-state index contributed by atoms with van der Waals surface area (Å²) in [6.45, 7) is 1.99. The zero-order chi connectivity index (χ0) is 27.2. The first kappa shape index (κ1) is 28.8. The van der Waals surface area contributed by atoms with Gasteiger partial charge in [0, 0.05) is 11.9 Å². The normalized spacial score (nSPS) is 10.8. The van der Waals surface area contributed by atoms with Crippen LogP contribution < -0.4 is 0 Å². The van der Waals surface area contributed by atoms with Gasteiger partial charge in [0.2, 0.25) is 0 Å². The van der Waals surface area contributed by atoms with Crippen molar-refractivity contribution in [3.05, 3.63) is 139 Å². The molecule has 2 heterocycles. The Balaban J connectivity index is 0.000000238. The molecule has 0 N–H and O–H groups in total. The van der Waals surface area contributed by atoms with Crippen molar-refractivity contribution in [3.63, 3.8) is 0 Å². The zero-order valence-electron chi connectivity index (χ0n) is 21.3. The summed E-state index contributed by atoms with van der Waals surface area (Å²) in [5, 5.41) is 0. The molecule has 0 aliphatic heterocycles. The first-order valence-electron chi connectivity index (χ1n) is 12.2. The number of aryl methyl sites for hydroxylation is 1. The summed E-state index contributed by atoms with van der Waals surface area (Å²) in [5.74, 6) is 0. The van der Waals surface area contributed by atoms with Crippen molar-refractivity contribution in [2.45, 2.75) is 13.1 Å². The summed E-state index contributed by atoms with van der Waals surface area (Å²) in [7, 11) is 0. The Morgan fingerprint density at radius 3 is 1.90 bits per heavy atom. The number of halogens is 3. The summed E-state index contributed by atoms with van der Waals surface area (Å²) in [5.41, 5.74) is 6.22. The third kappa shape index (κ3) is 6.88. The predicted octanol–water partition coefficient (Wildman–Crippen LogP) is 8.64. The second-order valence-corrected chi connectivity index (χ2v) is 8.76. The monoisotopic (exact) mass is 712 g/mol. The van der Waals surface area contributed by atoms with Crippen LogP contribution in [0.5, 0.6) is 0 Å². The molecule has 0 spiro atoms. The zero-order valence-corrected chi connectivity index (χ0v) is 23.5. The van der Waals surface area contributed by atoms with Gasteiger partial charge >= 0.3 is 27.2 Å². The molecule has 0 aliphatic rings. The Morgan fingerprint density at radius 1 is 0.650 bits per heavy atom. The van der Waals surface area contributed by atoms with Gasteiger partial charge in [0.15, 0.2) is 0 Å². The minimum Gasteiger partial charge on any atom is -0.305 e. The first-order chi connectivity index (χ1) is 18.9. The molecule has 40 heavy (non-hydrogen) atoms. The van der Waals surface area contributed by atoms with E-state index in [1.807, 2.05) is 97.9 Å². The standard InChI is InChI=1S/C22H14F3N2.C11H8N.Pt/c1-14-6-8-15(9-7-14)20-21(27-19-5-3-2-4-18(19)26-20)16-10-12-17(13-11-16)22(23,24)25;1-2-6-10(7-3-1)11-8-4-5-9-12-11;/h2-10,12-13H,1H3;1-6,8-9H;/q2*-1;+2. The van der Waals surface area contributed by atoms with Gasteiger partial charge in [-0.05, 0) is 41.9 Å². The number of fused-ring (bicyclic) bond motifs is 1. The van der Waals surface area contributed by atoms with Crippen molar-refractivity contribution in [2.75, 3.05) is 0 Å². The van der Waals surface area contributed by atoms with Crippen molar-refractivity contribution in [1.82, 2.24) is 15.0 Å². The number of aromatic nitrogens is 3. The maximum absolute atomic E-state index is 12.9. The number of rotatable bonds is 3. The average Bonchev–Trinajstić information content (AvgIpc) is 2.98. The molecule has 0 amide bonds. The molecule has 6 rings (SSSR count). The van der Waals surface area contributed by atoms with Crippen LogP contribution in [-0.4, -0.2) is 15.0 Å². The summed E-state index contributed by atoms with van der Waals surface area (Å²) in [6.07, 6.45) is -2.61. The maximum atomic E-state index is 12.9. The predicted molar refractivity (Wildman–Crippen MR) is 147 cm³/mol. The summed E-state index contributed by atoms with van der Waals surface area (Å²) < 4.78 is 38.6. The minimum absolute atomic E-state index is 0. The fourth-order valence-electron chi connectivity index (χ4n) is 3.92. The SMILES string of the molecule is Cc1ccc(-c2nc3ccccc3nc2-c2[c-]cc(C(F)(F)F)cc2)cc1.[Pt+2].[c-]1ccccc1-c1ccccn1. The van der Waals surface area contributed by atoms with Crippen molar-refractivity contribution < 1.29 is 34.2 Å². The number of hydrogen-bond donors (Lipinski definition) is 0. The van der Waals surface area contributed by atoms with E-state index in [1.165, 1.54) is 6.07 Å². The summed E-state index contributed by atoms with van der Waals surface area (Å²) >= 11 is 0. The number of hydrogen-bond acceptors (Lipinski definition) is 3. The summed E-state index contributed by atoms with van der Waals surface area (Å²) in [6, 6.07) is 38.1. The van der Waals surface area contributed by atoms with Crippen LogP contribution in [0.25, 0.3) is 44.8 Å². The maximum Gasteiger partial charge on any atom is 2.00 e. The van der Waals surface area contributed by atoms with Crippen LogP contribution in [0.3, 0.4) is 0 Å². The molecule has 0 unspecified atom stereocenters. The molecule has 4 aromatic carbocycles. The quantitative estimate of drug-likeness (QED) is 0.173. The van der Waals surface area contributed by atoms with Crippen LogP contribution in [0.4, 0.5) is 13.2 Å². The largest absolute Gasteiger partial charge is 2.00 e. The van der Waals surface area contributed by atoms with E-state index < -0.39 is 11.7 Å². The fourth-order valence-corrected chi connectivity index (χ4v) is 3.92. The number of para-hydroxylation sites is 2. The molecule has 0 fully saturated rings. The first-order valence-corrected chi connectivity index (χ1v) is 12.2. The van der Waals surface area contributed by atoms with E-state index >= 15 is 0 Å². The van der Waals surface area contributed by atoms with Crippen LogP contribution in [0.15, 0.2) is 115 Å². The Kier molecular flexibility index (Phi) is 9.23. The van der Waals surface area contributed by atoms with Gasteiger partial charge in [0.05, 0.1) is 16.7 Å². The number of benzene rings is 4. The Labute approximate surface area is 245 Å². The van der Waals surface area contributed by atoms with E-state index in [4.69, 9.17) is 4.98 Å². The third-order valence-corrected chi connectivity index (χ3v) is 5.94. The molecule has 3 nitrogen and oxygen atoms in total. The van der Waals surface area contributed by atoms with Gasteiger partial charge in [0.25, 0.3) is 0 Å². The molecule has 2 aromatic heterocycles. The van der Waals surface area contributed by atoms with Crippen molar-refractivity contribution in [3.8, 4) is 33.8 Å². The van der Waals surface area contributed by atoms with E-state index in [0.29, 0.717) is 22.5 Å². The fraction of sp³-hybridized carbons (Fsp3) is 0.0606. The molecule has 7 heteroatoms. The van der Waals surface area contributed by atoms with Crippen molar-refractivity contribution in [1.29, 1.82) is 0 Å². The topological polar surface area (TPSA) is 38.7 Å². The minimum atomic E-state index is -4.40. The van der Waals surface area contributed by atoms with Crippen LogP contribution in [0, 0.1) is 19.1 Å². The Morgan fingerprint density at radius 2 is 1.32 bits per heavy atom.